The molecular formula is C36H52FN3O. The molecule has 1 amide bonds. The van der Waals surface area contributed by atoms with Crippen molar-refractivity contribution in [3.63, 3.8) is 0 Å². The molecule has 0 saturated carbocycles. The van der Waals surface area contributed by atoms with Gasteiger partial charge in [0.05, 0.1) is 11.0 Å². The topological polar surface area (TPSA) is 38.1 Å². The molecule has 41 heavy (non-hydrogen) atoms. The van der Waals surface area contributed by atoms with Crippen molar-refractivity contribution < 1.29 is 9.18 Å². The molecule has 0 radical (unpaired) electrons. The van der Waals surface area contributed by atoms with Crippen molar-refractivity contribution >= 4 is 16.9 Å². The van der Waals surface area contributed by atoms with Gasteiger partial charge in [0.2, 0.25) is 5.91 Å². The number of para-hydroxylation sites is 2. The summed E-state index contributed by atoms with van der Waals surface area (Å²) in [6, 6.07) is 14.8. The maximum atomic E-state index is 13.3. The zero-order chi connectivity index (χ0) is 28.7. The highest BCUT2D eigenvalue weighted by Gasteiger charge is 2.33. The minimum Gasteiger partial charge on any atom is -0.338 e. The van der Waals surface area contributed by atoms with Crippen LogP contribution < -0.4 is 0 Å². The molecule has 5 heteroatoms. The Morgan fingerprint density at radius 3 is 1.93 bits per heavy atom. The van der Waals surface area contributed by atoms with E-state index in [-0.39, 0.29) is 17.6 Å². The number of aromatic nitrogens is 2. The summed E-state index contributed by atoms with van der Waals surface area (Å²) < 4.78 is 15.7. The van der Waals surface area contributed by atoms with Gasteiger partial charge in [-0.2, -0.15) is 0 Å². The molecule has 1 aromatic heterocycles. The van der Waals surface area contributed by atoms with E-state index in [4.69, 9.17) is 4.98 Å². The first-order chi connectivity index (χ1) is 20.2. The van der Waals surface area contributed by atoms with E-state index in [1.807, 2.05) is 11.0 Å². The number of aryl methyl sites for hydroxylation is 1. The molecule has 1 aliphatic heterocycles. The first-order valence-electron chi connectivity index (χ1n) is 16.6. The van der Waals surface area contributed by atoms with Crippen molar-refractivity contribution in [1.82, 2.24) is 14.5 Å². The van der Waals surface area contributed by atoms with Gasteiger partial charge in [-0.1, -0.05) is 128 Å². The lowest BCUT2D eigenvalue weighted by molar-refractivity contribution is -0.128. The molecule has 2 heterocycles. The fourth-order valence-corrected chi connectivity index (χ4v) is 6.37. The third kappa shape index (κ3) is 9.97. The smallest absolute Gasteiger partial charge is 0.223 e. The summed E-state index contributed by atoms with van der Waals surface area (Å²) in [4.78, 5) is 19.8. The van der Waals surface area contributed by atoms with Crippen LogP contribution in [0.25, 0.3) is 11.0 Å². The molecule has 1 fully saturated rings. The zero-order valence-corrected chi connectivity index (χ0v) is 25.5. The van der Waals surface area contributed by atoms with Gasteiger partial charge in [-0.05, 0) is 36.2 Å². The minimum atomic E-state index is -0.248. The largest absolute Gasteiger partial charge is 0.338 e. The number of fused-ring (bicyclic) bond motifs is 1. The predicted molar refractivity (Wildman–Crippen MR) is 168 cm³/mol. The number of halogens is 1. The molecular weight excluding hydrogens is 509 g/mol. The number of benzene rings is 2. The van der Waals surface area contributed by atoms with Crippen LogP contribution in [0.4, 0.5) is 4.39 Å². The van der Waals surface area contributed by atoms with Crippen molar-refractivity contribution in [2.45, 2.75) is 135 Å². The van der Waals surface area contributed by atoms with E-state index in [2.05, 4.69) is 29.7 Å². The fourth-order valence-electron chi connectivity index (χ4n) is 6.37. The highest BCUT2D eigenvalue weighted by molar-refractivity contribution is 5.81. The first kappa shape index (κ1) is 31.3. The van der Waals surface area contributed by atoms with E-state index in [1.165, 1.54) is 114 Å². The van der Waals surface area contributed by atoms with Crippen molar-refractivity contribution in [3.05, 3.63) is 65.7 Å². The number of likely N-dealkylation sites (tertiary alicyclic amines) is 1. The average Bonchev–Trinajstić information content (AvgIpc) is 3.53. The SMILES string of the molecule is CCCCCCCCCCCCCCCCCCn1c(C2CC(=O)N(Cc3ccc(F)cc3)C2)nc2ccccc21. The number of amides is 1. The van der Waals surface area contributed by atoms with E-state index >= 15 is 0 Å². The highest BCUT2D eigenvalue weighted by Crippen LogP contribution is 2.31. The van der Waals surface area contributed by atoms with E-state index in [0.29, 0.717) is 19.5 Å². The van der Waals surface area contributed by atoms with E-state index in [9.17, 15) is 9.18 Å². The minimum absolute atomic E-state index is 0.0939. The Kier molecular flexibility index (Phi) is 13.2. The number of carbonyl (C=O) groups excluding carboxylic acids is 1. The van der Waals surface area contributed by atoms with Crippen LogP contribution in [0.15, 0.2) is 48.5 Å². The maximum Gasteiger partial charge on any atom is 0.223 e. The van der Waals surface area contributed by atoms with Crippen LogP contribution in [0.1, 0.15) is 133 Å². The number of nitrogens with zero attached hydrogens (tertiary/aromatic N) is 3. The molecule has 224 valence electrons. The third-order valence-electron chi connectivity index (χ3n) is 8.79. The summed E-state index contributed by atoms with van der Waals surface area (Å²) in [7, 11) is 0. The van der Waals surface area contributed by atoms with Crippen LogP contribution in [0.3, 0.4) is 0 Å². The molecule has 3 aromatic rings. The van der Waals surface area contributed by atoms with Crippen LogP contribution in [-0.4, -0.2) is 26.9 Å². The van der Waals surface area contributed by atoms with Crippen LogP contribution in [0, 0.1) is 5.82 Å². The Labute approximate surface area is 247 Å². The van der Waals surface area contributed by atoms with Crippen molar-refractivity contribution in [2.24, 2.45) is 0 Å². The normalized spacial score (nSPS) is 15.4. The van der Waals surface area contributed by atoms with Gasteiger partial charge in [0, 0.05) is 32.0 Å². The standard InChI is InChI=1S/C36H52FN3O/c1-2-3-4-5-6-7-8-9-10-11-12-13-14-15-16-19-26-40-34-21-18-17-20-33(34)38-36(40)31-27-35(41)39(29-31)28-30-22-24-32(37)25-23-30/h17-18,20-25,31H,2-16,19,26-29H2,1H3. The van der Waals surface area contributed by atoms with Crippen molar-refractivity contribution in [2.75, 3.05) is 6.54 Å². The van der Waals surface area contributed by atoms with Gasteiger partial charge in [-0.25, -0.2) is 9.37 Å². The van der Waals surface area contributed by atoms with Gasteiger partial charge < -0.3 is 9.47 Å². The zero-order valence-electron chi connectivity index (χ0n) is 25.5. The second-order valence-corrected chi connectivity index (χ2v) is 12.2. The molecule has 1 atom stereocenters. The molecule has 0 bridgehead atoms. The summed E-state index contributed by atoms with van der Waals surface area (Å²) in [6.07, 6.45) is 22.4. The van der Waals surface area contributed by atoms with Gasteiger partial charge in [-0.3, -0.25) is 4.79 Å². The fraction of sp³-hybridized carbons (Fsp3) is 0.611. The third-order valence-corrected chi connectivity index (χ3v) is 8.79. The lowest BCUT2D eigenvalue weighted by Gasteiger charge is -2.17. The average molecular weight is 562 g/mol. The van der Waals surface area contributed by atoms with Crippen LogP contribution in [0.5, 0.6) is 0 Å². The molecule has 1 saturated heterocycles. The van der Waals surface area contributed by atoms with Crippen LogP contribution in [-0.2, 0) is 17.9 Å². The molecule has 4 nitrogen and oxygen atoms in total. The van der Waals surface area contributed by atoms with Gasteiger partial charge in [0.25, 0.3) is 0 Å². The lowest BCUT2D eigenvalue weighted by Crippen LogP contribution is -2.24. The second kappa shape index (κ2) is 17.3. The monoisotopic (exact) mass is 561 g/mol. The van der Waals surface area contributed by atoms with Crippen LogP contribution >= 0.6 is 0 Å². The van der Waals surface area contributed by atoms with E-state index in [0.717, 1.165) is 29.9 Å². The number of hydrogen-bond donors (Lipinski definition) is 0. The van der Waals surface area contributed by atoms with Crippen molar-refractivity contribution in [1.29, 1.82) is 0 Å². The Bertz CT molecular complexity index is 1170. The highest BCUT2D eigenvalue weighted by atomic mass is 19.1. The van der Waals surface area contributed by atoms with Gasteiger partial charge in [0.15, 0.2) is 0 Å². The Morgan fingerprint density at radius 2 is 1.32 bits per heavy atom. The molecule has 1 unspecified atom stereocenters. The maximum absolute atomic E-state index is 13.3. The summed E-state index contributed by atoms with van der Waals surface area (Å²) in [5.41, 5.74) is 3.15. The molecule has 1 aliphatic rings. The second-order valence-electron chi connectivity index (χ2n) is 12.2. The summed E-state index contributed by atoms with van der Waals surface area (Å²) in [5, 5.41) is 0. The molecule has 0 aliphatic carbocycles. The lowest BCUT2D eigenvalue weighted by atomic mass is 10.0. The Morgan fingerprint density at radius 1 is 0.756 bits per heavy atom. The molecule has 2 aromatic carbocycles. The van der Waals surface area contributed by atoms with E-state index in [1.54, 1.807) is 12.1 Å². The predicted octanol–water partition coefficient (Wildman–Crippen LogP) is 9.95. The number of carbonyl (C=O) groups is 1. The number of imidazole rings is 1. The summed E-state index contributed by atoms with van der Waals surface area (Å²) in [5.74, 6) is 1.04. The number of rotatable bonds is 20. The quantitative estimate of drug-likeness (QED) is 0.129. The summed E-state index contributed by atoms with van der Waals surface area (Å²) >= 11 is 0. The molecule has 0 N–H and O–H groups in total. The summed E-state index contributed by atoms with van der Waals surface area (Å²) in [6.45, 7) is 4.43. The van der Waals surface area contributed by atoms with E-state index < -0.39 is 0 Å². The van der Waals surface area contributed by atoms with Crippen LogP contribution in [0.2, 0.25) is 0 Å². The number of hydrogen-bond acceptors (Lipinski definition) is 2. The first-order valence-corrected chi connectivity index (χ1v) is 16.6. The van der Waals surface area contributed by atoms with Crippen molar-refractivity contribution in [3.8, 4) is 0 Å². The number of unbranched alkanes of at least 4 members (excludes halogenated alkanes) is 15. The molecule has 0 spiro atoms. The van der Waals surface area contributed by atoms with Gasteiger partial charge in [0.1, 0.15) is 11.6 Å². The Balaban J connectivity index is 1.15. The van der Waals surface area contributed by atoms with Gasteiger partial charge >= 0.3 is 0 Å². The Hall–Kier alpha value is -2.69. The molecule has 4 rings (SSSR count). The van der Waals surface area contributed by atoms with Gasteiger partial charge in [-0.15, -0.1) is 0 Å².